The number of piperazine rings is 1. The highest BCUT2D eigenvalue weighted by Crippen LogP contribution is 2.35. The number of hydrogen-bond acceptors (Lipinski definition) is 4. The Balaban J connectivity index is 1.59. The first-order valence-corrected chi connectivity index (χ1v) is 9.72. The van der Waals surface area contributed by atoms with E-state index in [1.807, 2.05) is 0 Å². The Kier molecular flexibility index (Phi) is 6.38. The van der Waals surface area contributed by atoms with Crippen molar-refractivity contribution in [1.29, 1.82) is 0 Å². The molecule has 1 saturated heterocycles. The number of nitrogens with zero attached hydrogens (tertiary/aromatic N) is 2. The molecular formula is C20H20BrF3N2O3. The van der Waals surface area contributed by atoms with Crippen LogP contribution in [-0.2, 0) is 12.7 Å². The summed E-state index contributed by atoms with van der Waals surface area (Å²) in [5, 5.41) is 9.88. The molecule has 0 aromatic heterocycles. The third kappa shape index (κ3) is 5.02. The molecule has 0 radical (unpaired) electrons. The fourth-order valence-electron chi connectivity index (χ4n) is 3.20. The molecule has 0 saturated carbocycles. The van der Waals surface area contributed by atoms with Gasteiger partial charge in [0.05, 0.1) is 17.1 Å². The molecule has 1 N–H and O–H groups in total. The van der Waals surface area contributed by atoms with E-state index in [0.717, 1.165) is 17.7 Å². The first kappa shape index (κ1) is 21.4. The number of ether oxygens (including phenoxy) is 1. The zero-order valence-electron chi connectivity index (χ0n) is 15.7. The van der Waals surface area contributed by atoms with Crippen molar-refractivity contribution in [2.24, 2.45) is 0 Å². The van der Waals surface area contributed by atoms with Gasteiger partial charge in [-0.25, -0.2) is 0 Å². The van der Waals surface area contributed by atoms with E-state index in [1.165, 1.54) is 25.3 Å². The predicted octanol–water partition coefficient (Wildman–Crippen LogP) is 4.14. The topological polar surface area (TPSA) is 53.0 Å². The van der Waals surface area contributed by atoms with Crippen LogP contribution in [0.15, 0.2) is 40.9 Å². The summed E-state index contributed by atoms with van der Waals surface area (Å²) in [5.41, 5.74) is 0.542. The minimum Gasteiger partial charge on any atom is -0.503 e. The molecule has 156 valence electrons. The normalized spacial score (nSPS) is 15.4. The van der Waals surface area contributed by atoms with Crippen LogP contribution < -0.4 is 4.74 Å². The van der Waals surface area contributed by atoms with Crippen LogP contribution in [0.4, 0.5) is 13.2 Å². The number of aromatic hydroxyl groups is 1. The average Bonchev–Trinajstić information content (AvgIpc) is 2.69. The Hall–Kier alpha value is -2.26. The Morgan fingerprint density at radius 3 is 2.31 bits per heavy atom. The van der Waals surface area contributed by atoms with E-state index < -0.39 is 11.7 Å². The van der Waals surface area contributed by atoms with Crippen molar-refractivity contribution in [3.63, 3.8) is 0 Å². The molecule has 0 unspecified atom stereocenters. The van der Waals surface area contributed by atoms with Crippen molar-refractivity contribution in [2.45, 2.75) is 12.7 Å². The number of halogens is 4. The number of hydrogen-bond donors (Lipinski definition) is 1. The van der Waals surface area contributed by atoms with Gasteiger partial charge >= 0.3 is 6.18 Å². The van der Waals surface area contributed by atoms with Gasteiger partial charge in [-0.3, -0.25) is 9.69 Å². The van der Waals surface area contributed by atoms with Gasteiger partial charge in [-0.05, 0) is 45.8 Å². The van der Waals surface area contributed by atoms with Gasteiger partial charge in [0.2, 0.25) is 0 Å². The highest BCUT2D eigenvalue weighted by atomic mass is 79.9. The number of benzene rings is 2. The maximum Gasteiger partial charge on any atom is 0.416 e. The summed E-state index contributed by atoms with van der Waals surface area (Å²) in [7, 11) is 1.41. The summed E-state index contributed by atoms with van der Waals surface area (Å²) < 4.78 is 43.4. The van der Waals surface area contributed by atoms with Gasteiger partial charge in [-0.1, -0.05) is 12.1 Å². The molecule has 1 heterocycles. The molecule has 3 rings (SSSR count). The van der Waals surface area contributed by atoms with Crippen LogP contribution in [0, 0.1) is 0 Å². The van der Waals surface area contributed by atoms with Gasteiger partial charge in [0.25, 0.3) is 5.91 Å². The number of phenolic OH excluding ortho intramolecular Hbond substituents is 1. The maximum atomic E-state index is 12.8. The first-order chi connectivity index (χ1) is 13.7. The lowest BCUT2D eigenvalue weighted by atomic mass is 10.1. The molecule has 1 aliphatic rings. The second-order valence-electron chi connectivity index (χ2n) is 6.77. The van der Waals surface area contributed by atoms with Gasteiger partial charge in [0.1, 0.15) is 0 Å². The Morgan fingerprint density at radius 1 is 1.14 bits per heavy atom. The zero-order chi connectivity index (χ0) is 21.2. The summed E-state index contributed by atoms with van der Waals surface area (Å²) in [5.74, 6) is -0.0211. The van der Waals surface area contributed by atoms with E-state index in [9.17, 15) is 23.1 Å². The Morgan fingerprint density at radius 2 is 1.76 bits per heavy atom. The number of phenols is 1. The summed E-state index contributed by atoms with van der Waals surface area (Å²) in [4.78, 5) is 16.6. The second kappa shape index (κ2) is 8.62. The minimum absolute atomic E-state index is 0.0644. The molecule has 1 aliphatic heterocycles. The van der Waals surface area contributed by atoms with Gasteiger partial charge < -0.3 is 14.7 Å². The van der Waals surface area contributed by atoms with E-state index in [0.29, 0.717) is 42.8 Å². The molecule has 0 spiro atoms. The summed E-state index contributed by atoms with van der Waals surface area (Å²) in [6.07, 6.45) is -4.34. The van der Waals surface area contributed by atoms with Crippen molar-refractivity contribution in [1.82, 2.24) is 9.80 Å². The number of rotatable bonds is 4. The monoisotopic (exact) mass is 472 g/mol. The SMILES string of the molecule is COc1cc(C(=O)N2CCN(Cc3ccc(C(F)(F)F)cc3)CC2)cc(Br)c1O. The maximum absolute atomic E-state index is 12.8. The molecule has 29 heavy (non-hydrogen) atoms. The van der Waals surface area contributed by atoms with Gasteiger partial charge in [0, 0.05) is 38.3 Å². The van der Waals surface area contributed by atoms with E-state index in [2.05, 4.69) is 20.8 Å². The molecule has 2 aromatic rings. The standard InChI is InChI=1S/C20H20BrF3N2O3/c1-29-17-11-14(10-16(21)18(17)27)19(28)26-8-6-25(7-9-26)12-13-2-4-15(5-3-13)20(22,23)24/h2-5,10-11,27H,6-9,12H2,1H3. The Bertz CT molecular complexity index is 880. The molecule has 0 atom stereocenters. The fraction of sp³-hybridized carbons (Fsp3) is 0.350. The molecule has 0 aliphatic carbocycles. The van der Waals surface area contributed by atoms with Crippen LogP contribution >= 0.6 is 15.9 Å². The highest BCUT2D eigenvalue weighted by Gasteiger charge is 2.30. The zero-order valence-corrected chi connectivity index (χ0v) is 17.3. The van der Waals surface area contributed by atoms with E-state index >= 15 is 0 Å². The summed E-state index contributed by atoms with van der Waals surface area (Å²) >= 11 is 3.21. The molecule has 1 fully saturated rings. The lowest BCUT2D eigenvalue weighted by Gasteiger charge is -2.35. The molecular weight excluding hydrogens is 453 g/mol. The third-order valence-electron chi connectivity index (χ3n) is 4.84. The molecule has 2 aromatic carbocycles. The number of carbonyl (C=O) groups excluding carboxylic acids is 1. The van der Waals surface area contributed by atoms with E-state index in [4.69, 9.17) is 4.74 Å². The van der Waals surface area contributed by atoms with Crippen LogP contribution in [0.5, 0.6) is 11.5 Å². The smallest absolute Gasteiger partial charge is 0.416 e. The van der Waals surface area contributed by atoms with E-state index in [-0.39, 0.29) is 17.4 Å². The van der Waals surface area contributed by atoms with Crippen molar-refractivity contribution >= 4 is 21.8 Å². The first-order valence-electron chi connectivity index (χ1n) is 8.93. The fourth-order valence-corrected chi connectivity index (χ4v) is 3.64. The van der Waals surface area contributed by atoms with Crippen LogP contribution in [0.25, 0.3) is 0 Å². The number of amides is 1. The van der Waals surface area contributed by atoms with Gasteiger partial charge in [0.15, 0.2) is 11.5 Å². The molecule has 9 heteroatoms. The predicted molar refractivity (Wildman–Crippen MR) is 105 cm³/mol. The van der Waals surface area contributed by atoms with E-state index in [1.54, 1.807) is 11.0 Å². The third-order valence-corrected chi connectivity index (χ3v) is 5.45. The second-order valence-corrected chi connectivity index (χ2v) is 7.63. The largest absolute Gasteiger partial charge is 0.503 e. The lowest BCUT2D eigenvalue weighted by Crippen LogP contribution is -2.48. The van der Waals surface area contributed by atoms with Crippen molar-refractivity contribution in [3.05, 3.63) is 57.6 Å². The number of carbonyl (C=O) groups is 1. The lowest BCUT2D eigenvalue weighted by molar-refractivity contribution is -0.137. The van der Waals surface area contributed by atoms with Crippen LogP contribution in [0.3, 0.4) is 0 Å². The number of alkyl halides is 3. The van der Waals surface area contributed by atoms with Crippen LogP contribution in [-0.4, -0.2) is 54.1 Å². The summed E-state index contributed by atoms with van der Waals surface area (Å²) in [6.45, 7) is 2.76. The van der Waals surface area contributed by atoms with Crippen molar-refractivity contribution in [2.75, 3.05) is 33.3 Å². The Labute approximate surface area is 174 Å². The van der Waals surface area contributed by atoms with Gasteiger partial charge in [-0.2, -0.15) is 13.2 Å². The minimum atomic E-state index is -4.34. The molecule has 1 amide bonds. The van der Waals surface area contributed by atoms with Crippen molar-refractivity contribution in [3.8, 4) is 11.5 Å². The van der Waals surface area contributed by atoms with Crippen LogP contribution in [0.2, 0.25) is 0 Å². The van der Waals surface area contributed by atoms with Gasteiger partial charge in [-0.15, -0.1) is 0 Å². The molecule has 5 nitrogen and oxygen atoms in total. The van der Waals surface area contributed by atoms with Crippen LogP contribution in [0.1, 0.15) is 21.5 Å². The average molecular weight is 473 g/mol. The van der Waals surface area contributed by atoms with Crippen molar-refractivity contribution < 1.29 is 27.8 Å². The highest BCUT2D eigenvalue weighted by molar-refractivity contribution is 9.10. The molecule has 0 bridgehead atoms. The summed E-state index contributed by atoms with van der Waals surface area (Å²) in [6, 6.07) is 8.20. The quantitative estimate of drug-likeness (QED) is 0.726. The number of methoxy groups -OCH3 is 1.